The summed E-state index contributed by atoms with van der Waals surface area (Å²) in [7, 11) is 0. The molecule has 2 N–H and O–H groups in total. The molecule has 112 valence electrons. The fourth-order valence-corrected chi connectivity index (χ4v) is 2.50. The minimum absolute atomic E-state index is 0.154. The van der Waals surface area contributed by atoms with E-state index in [0.717, 1.165) is 10.5 Å². The van der Waals surface area contributed by atoms with Crippen molar-refractivity contribution in [2.75, 3.05) is 4.90 Å². The Labute approximate surface area is 126 Å². The van der Waals surface area contributed by atoms with Crippen molar-refractivity contribution in [1.82, 2.24) is 4.98 Å². The van der Waals surface area contributed by atoms with Crippen LogP contribution < -0.4 is 10.2 Å². The van der Waals surface area contributed by atoms with Crippen LogP contribution >= 0.6 is 0 Å². The average Bonchev–Trinajstić information content (AvgIpc) is 2.82. The van der Waals surface area contributed by atoms with Crippen LogP contribution in [0.2, 0.25) is 0 Å². The van der Waals surface area contributed by atoms with E-state index in [1.54, 1.807) is 12.4 Å². The van der Waals surface area contributed by atoms with Crippen LogP contribution in [-0.2, 0) is 16.1 Å². The summed E-state index contributed by atoms with van der Waals surface area (Å²) in [6.45, 7) is 0.601. The summed E-state index contributed by atoms with van der Waals surface area (Å²) in [5, 5.41) is 1.85. The van der Waals surface area contributed by atoms with Gasteiger partial charge in [0.25, 0.3) is 5.91 Å². The van der Waals surface area contributed by atoms with E-state index in [1.165, 1.54) is 24.3 Å². The molecule has 1 aliphatic rings. The lowest BCUT2D eigenvalue weighted by atomic mass is 10.2. The summed E-state index contributed by atoms with van der Waals surface area (Å²) in [5.41, 5.74) is 1.45. The summed E-state index contributed by atoms with van der Waals surface area (Å²) in [6.07, 6.45) is 3.53. The second-order valence-corrected chi connectivity index (χ2v) is 5.15. The van der Waals surface area contributed by atoms with E-state index < -0.39 is 11.9 Å². The molecule has 22 heavy (non-hydrogen) atoms. The third-order valence-electron chi connectivity index (χ3n) is 3.65. The van der Waals surface area contributed by atoms with Crippen LogP contribution in [0.25, 0.3) is 0 Å². The lowest BCUT2D eigenvalue weighted by molar-refractivity contribution is -0.690. The van der Waals surface area contributed by atoms with E-state index in [-0.39, 0.29) is 18.2 Å². The Kier molecular flexibility index (Phi) is 3.93. The molecule has 1 saturated heterocycles. The summed E-state index contributed by atoms with van der Waals surface area (Å²) in [5.74, 6) is -0.915. The van der Waals surface area contributed by atoms with Crippen molar-refractivity contribution in [3.05, 3.63) is 60.2 Å². The highest BCUT2D eigenvalue weighted by molar-refractivity contribution is 6.21. The molecule has 3 rings (SSSR count). The maximum Gasteiger partial charge on any atom is 0.292 e. The topological polar surface area (TPSA) is 66.9 Å². The van der Waals surface area contributed by atoms with Gasteiger partial charge in [-0.25, -0.2) is 9.29 Å². The molecule has 0 radical (unpaired) electrons. The minimum atomic E-state index is -0.439. The van der Waals surface area contributed by atoms with Crippen molar-refractivity contribution < 1.29 is 19.3 Å². The number of pyridine rings is 1. The Morgan fingerprint density at radius 1 is 1.14 bits per heavy atom. The van der Waals surface area contributed by atoms with E-state index in [1.807, 2.05) is 17.4 Å². The van der Waals surface area contributed by atoms with Crippen molar-refractivity contribution >= 4 is 17.5 Å². The van der Waals surface area contributed by atoms with Crippen molar-refractivity contribution in [2.24, 2.45) is 0 Å². The molecule has 0 bridgehead atoms. The largest absolute Gasteiger partial charge is 0.332 e. The molecule has 6 heteroatoms. The fraction of sp³-hybridized carbons (Fsp3) is 0.188. The number of carbonyl (C=O) groups is 2. The molecule has 1 aromatic carbocycles. The van der Waals surface area contributed by atoms with Crippen LogP contribution in [0.3, 0.4) is 0 Å². The number of nitrogens with zero attached hydrogens (tertiary/aromatic N) is 2. The first-order valence-corrected chi connectivity index (χ1v) is 7.00. The number of nitrogens with two attached hydrogens (primary N) is 1. The zero-order valence-electron chi connectivity index (χ0n) is 11.8. The van der Waals surface area contributed by atoms with Gasteiger partial charge in [-0.3, -0.25) is 14.6 Å². The standard InChI is InChI=1S/C16H14FN3O2/c17-12-1-3-13(4-2-12)20-15(21)9-14(16(20)22)19-10-11-5-7-18-8-6-11/h1-8,14,19H,9-10H2/p+1. The highest BCUT2D eigenvalue weighted by Crippen LogP contribution is 2.21. The van der Waals surface area contributed by atoms with E-state index in [9.17, 15) is 14.0 Å². The molecule has 1 aromatic heterocycles. The van der Waals surface area contributed by atoms with E-state index in [2.05, 4.69) is 4.98 Å². The first-order chi connectivity index (χ1) is 10.6. The van der Waals surface area contributed by atoms with Gasteiger partial charge in [0, 0.05) is 18.0 Å². The van der Waals surface area contributed by atoms with Crippen LogP contribution in [0.1, 0.15) is 12.0 Å². The Morgan fingerprint density at radius 2 is 1.82 bits per heavy atom. The van der Waals surface area contributed by atoms with Crippen molar-refractivity contribution in [3.63, 3.8) is 0 Å². The quantitative estimate of drug-likeness (QED) is 0.842. The zero-order chi connectivity index (χ0) is 15.5. The van der Waals surface area contributed by atoms with E-state index >= 15 is 0 Å². The van der Waals surface area contributed by atoms with E-state index in [4.69, 9.17) is 0 Å². The van der Waals surface area contributed by atoms with Crippen LogP contribution in [0, 0.1) is 5.82 Å². The van der Waals surface area contributed by atoms with Gasteiger partial charge in [0.1, 0.15) is 12.4 Å². The monoisotopic (exact) mass is 300 g/mol. The predicted octanol–water partition coefficient (Wildman–Crippen LogP) is 0.616. The zero-order valence-corrected chi connectivity index (χ0v) is 11.8. The fourth-order valence-electron chi connectivity index (χ4n) is 2.50. The van der Waals surface area contributed by atoms with Crippen LogP contribution in [0.5, 0.6) is 0 Å². The lowest BCUT2D eigenvalue weighted by Crippen LogP contribution is -2.90. The number of halogens is 1. The van der Waals surface area contributed by atoms with Gasteiger partial charge in [-0.15, -0.1) is 0 Å². The van der Waals surface area contributed by atoms with Crippen molar-refractivity contribution in [1.29, 1.82) is 0 Å². The number of quaternary nitrogens is 1. The molecular formula is C16H15FN3O2+. The lowest BCUT2D eigenvalue weighted by Gasteiger charge is -2.14. The number of amides is 2. The van der Waals surface area contributed by atoms with Crippen molar-refractivity contribution in [2.45, 2.75) is 19.0 Å². The molecule has 2 amide bonds. The summed E-state index contributed by atoms with van der Waals surface area (Å²) >= 11 is 0. The van der Waals surface area contributed by atoms with Crippen LogP contribution in [0.15, 0.2) is 48.8 Å². The third kappa shape index (κ3) is 2.87. The Bertz CT molecular complexity index is 688. The second kappa shape index (κ2) is 6.03. The Morgan fingerprint density at radius 3 is 2.50 bits per heavy atom. The van der Waals surface area contributed by atoms with Crippen molar-refractivity contribution in [3.8, 4) is 0 Å². The highest BCUT2D eigenvalue weighted by Gasteiger charge is 2.42. The normalized spacial score (nSPS) is 18.0. The molecule has 2 heterocycles. The second-order valence-electron chi connectivity index (χ2n) is 5.15. The third-order valence-corrected chi connectivity index (χ3v) is 3.65. The number of hydrogen-bond acceptors (Lipinski definition) is 3. The number of aromatic nitrogens is 1. The molecule has 0 aliphatic carbocycles. The molecule has 5 nitrogen and oxygen atoms in total. The molecule has 0 spiro atoms. The minimum Gasteiger partial charge on any atom is -0.332 e. The summed E-state index contributed by atoms with van der Waals surface area (Å²) in [4.78, 5) is 29.5. The first kappa shape index (κ1) is 14.3. The van der Waals surface area contributed by atoms with Gasteiger partial charge in [-0.2, -0.15) is 0 Å². The summed E-state index contributed by atoms with van der Waals surface area (Å²) in [6, 6.07) is 8.66. The van der Waals surface area contributed by atoms with Gasteiger partial charge >= 0.3 is 0 Å². The summed E-state index contributed by atoms with van der Waals surface area (Å²) < 4.78 is 13.0. The van der Waals surface area contributed by atoms with Gasteiger partial charge in [0.2, 0.25) is 5.91 Å². The van der Waals surface area contributed by atoms with Gasteiger partial charge in [0.15, 0.2) is 6.04 Å². The maximum atomic E-state index is 13.0. The SMILES string of the molecule is O=C1CC([NH2+]Cc2ccncc2)C(=O)N1c1ccc(F)cc1. The number of carbonyl (C=O) groups excluding carboxylic acids is 2. The Hall–Kier alpha value is -2.60. The maximum absolute atomic E-state index is 13.0. The predicted molar refractivity (Wildman–Crippen MR) is 77.2 cm³/mol. The number of benzene rings is 1. The number of imide groups is 1. The molecule has 0 saturated carbocycles. The smallest absolute Gasteiger partial charge is 0.292 e. The van der Waals surface area contributed by atoms with Gasteiger partial charge in [-0.1, -0.05) is 0 Å². The van der Waals surface area contributed by atoms with Crippen LogP contribution in [0.4, 0.5) is 10.1 Å². The van der Waals surface area contributed by atoms with Gasteiger partial charge in [-0.05, 0) is 36.4 Å². The number of anilines is 1. The number of rotatable bonds is 4. The molecule has 1 unspecified atom stereocenters. The van der Waals surface area contributed by atoms with Gasteiger partial charge in [0.05, 0.1) is 12.1 Å². The molecule has 2 aromatic rings. The van der Waals surface area contributed by atoms with Gasteiger partial charge < -0.3 is 5.32 Å². The molecule has 1 atom stereocenters. The molecular weight excluding hydrogens is 285 g/mol. The van der Waals surface area contributed by atoms with E-state index in [0.29, 0.717) is 12.2 Å². The Balaban J connectivity index is 1.70. The van der Waals surface area contributed by atoms with Crippen LogP contribution in [-0.4, -0.2) is 22.8 Å². The number of hydrogen-bond donors (Lipinski definition) is 1. The molecule has 1 fully saturated rings. The first-order valence-electron chi connectivity index (χ1n) is 7.00. The molecule has 1 aliphatic heterocycles. The average molecular weight is 300 g/mol. The highest BCUT2D eigenvalue weighted by atomic mass is 19.1.